The molecule has 0 aliphatic carbocycles. The second-order valence-electron chi connectivity index (χ2n) is 3.85. The minimum atomic E-state index is -0.270. The van der Waals surface area contributed by atoms with E-state index in [1.54, 1.807) is 19.4 Å². The molecule has 1 aromatic heterocycles. The summed E-state index contributed by atoms with van der Waals surface area (Å²) in [5.41, 5.74) is 0. The third-order valence-corrected chi connectivity index (χ3v) is 3.30. The first-order valence-electron chi connectivity index (χ1n) is 5.82. The Labute approximate surface area is 119 Å². The normalized spacial score (nSPS) is 10.3. The molecule has 2 rings (SSSR count). The van der Waals surface area contributed by atoms with Crippen molar-refractivity contribution < 1.29 is 9.53 Å². The van der Waals surface area contributed by atoms with E-state index in [0.717, 1.165) is 21.0 Å². The van der Waals surface area contributed by atoms with Crippen molar-refractivity contribution >= 4 is 38.6 Å². The Bertz CT molecular complexity index is 616. The van der Waals surface area contributed by atoms with Crippen molar-refractivity contribution in [3.05, 3.63) is 28.9 Å². The van der Waals surface area contributed by atoms with E-state index in [1.807, 2.05) is 19.1 Å². The highest BCUT2D eigenvalue weighted by Crippen LogP contribution is 2.32. The van der Waals surface area contributed by atoms with Gasteiger partial charge in [0.2, 0.25) is 0 Å². The lowest BCUT2D eigenvalue weighted by atomic mass is 10.1. The van der Waals surface area contributed by atoms with Crippen LogP contribution >= 0.6 is 15.9 Å². The maximum Gasteiger partial charge on any atom is 0.320 e. The van der Waals surface area contributed by atoms with Gasteiger partial charge in [0.05, 0.1) is 7.11 Å². The Hall–Kier alpha value is -1.82. The molecule has 0 bridgehead atoms. The number of benzene rings is 1. The number of amides is 2. The standard InChI is InChI=1S/C13H14BrN3O2/c1-3-15-13(18)17-12-6-8-9(7-16-12)11(19-2)5-4-10(8)14/h4-7H,3H2,1-2H3,(H2,15,16,17,18). The number of fused-ring (bicyclic) bond motifs is 1. The lowest BCUT2D eigenvalue weighted by molar-refractivity contribution is 0.252. The van der Waals surface area contributed by atoms with Gasteiger partial charge in [-0.25, -0.2) is 9.78 Å². The van der Waals surface area contributed by atoms with Crippen molar-refractivity contribution in [3.8, 4) is 5.75 Å². The van der Waals surface area contributed by atoms with Gasteiger partial charge in [0, 0.05) is 28.0 Å². The van der Waals surface area contributed by atoms with Crippen molar-refractivity contribution in [2.75, 3.05) is 19.0 Å². The number of nitrogens with zero attached hydrogens (tertiary/aromatic N) is 1. The Morgan fingerprint density at radius 3 is 2.89 bits per heavy atom. The van der Waals surface area contributed by atoms with Crippen LogP contribution < -0.4 is 15.4 Å². The van der Waals surface area contributed by atoms with Crippen LogP contribution in [0.15, 0.2) is 28.9 Å². The first kappa shape index (κ1) is 13.6. The highest BCUT2D eigenvalue weighted by atomic mass is 79.9. The highest BCUT2D eigenvalue weighted by molar-refractivity contribution is 9.10. The molecule has 0 spiro atoms. The van der Waals surface area contributed by atoms with Crippen LogP contribution in [0.25, 0.3) is 10.8 Å². The summed E-state index contributed by atoms with van der Waals surface area (Å²) >= 11 is 3.48. The molecule has 19 heavy (non-hydrogen) atoms. The van der Waals surface area contributed by atoms with E-state index >= 15 is 0 Å². The molecule has 2 N–H and O–H groups in total. The van der Waals surface area contributed by atoms with Gasteiger partial charge in [-0.05, 0) is 25.1 Å². The first-order valence-corrected chi connectivity index (χ1v) is 6.62. The summed E-state index contributed by atoms with van der Waals surface area (Å²) in [5, 5.41) is 7.15. The second-order valence-corrected chi connectivity index (χ2v) is 4.70. The number of aromatic nitrogens is 1. The molecule has 0 unspecified atom stereocenters. The summed E-state index contributed by atoms with van der Waals surface area (Å²) in [6.45, 7) is 2.42. The first-order chi connectivity index (χ1) is 9.15. The molecule has 0 aliphatic rings. The van der Waals surface area contributed by atoms with E-state index in [9.17, 15) is 4.79 Å². The smallest absolute Gasteiger partial charge is 0.320 e. The van der Waals surface area contributed by atoms with Crippen molar-refractivity contribution in [2.45, 2.75) is 6.92 Å². The quantitative estimate of drug-likeness (QED) is 0.912. The van der Waals surface area contributed by atoms with Gasteiger partial charge in [0.25, 0.3) is 0 Å². The third-order valence-electron chi connectivity index (χ3n) is 2.61. The molecule has 0 atom stereocenters. The van der Waals surface area contributed by atoms with Gasteiger partial charge in [-0.3, -0.25) is 5.32 Å². The topological polar surface area (TPSA) is 63.2 Å². The molecule has 0 fully saturated rings. The SMILES string of the molecule is CCNC(=O)Nc1cc2c(Br)ccc(OC)c2cn1. The Morgan fingerprint density at radius 2 is 2.21 bits per heavy atom. The zero-order chi connectivity index (χ0) is 13.8. The van der Waals surface area contributed by atoms with Crippen molar-refractivity contribution in [3.63, 3.8) is 0 Å². The lowest BCUT2D eigenvalue weighted by Crippen LogP contribution is -2.28. The average molecular weight is 324 g/mol. The van der Waals surface area contributed by atoms with Crippen molar-refractivity contribution in [1.29, 1.82) is 0 Å². The molecule has 0 aliphatic heterocycles. The van der Waals surface area contributed by atoms with Gasteiger partial charge in [0.15, 0.2) is 0 Å². The molecule has 2 aromatic rings. The molecular formula is C13H14BrN3O2. The summed E-state index contributed by atoms with van der Waals surface area (Å²) in [6.07, 6.45) is 1.68. The number of anilines is 1. The molecule has 0 saturated carbocycles. The number of rotatable bonds is 3. The highest BCUT2D eigenvalue weighted by Gasteiger charge is 2.08. The molecule has 5 nitrogen and oxygen atoms in total. The fourth-order valence-corrected chi connectivity index (χ4v) is 2.21. The van der Waals surface area contributed by atoms with Crippen LogP contribution in [0, 0.1) is 0 Å². The molecule has 6 heteroatoms. The number of nitrogens with one attached hydrogen (secondary N) is 2. The van der Waals surface area contributed by atoms with Crippen molar-refractivity contribution in [1.82, 2.24) is 10.3 Å². The van der Waals surface area contributed by atoms with Crippen LogP contribution in [0.2, 0.25) is 0 Å². The van der Waals surface area contributed by atoms with Crippen LogP contribution in [-0.2, 0) is 0 Å². The summed E-state index contributed by atoms with van der Waals surface area (Å²) in [5.74, 6) is 1.24. The van der Waals surface area contributed by atoms with E-state index in [-0.39, 0.29) is 6.03 Å². The van der Waals surface area contributed by atoms with Crippen LogP contribution in [0.1, 0.15) is 6.92 Å². The minimum absolute atomic E-state index is 0.270. The van der Waals surface area contributed by atoms with E-state index < -0.39 is 0 Å². The summed E-state index contributed by atoms with van der Waals surface area (Å²) < 4.78 is 6.20. The van der Waals surface area contributed by atoms with E-state index in [2.05, 4.69) is 31.5 Å². The number of hydrogen-bond acceptors (Lipinski definition) is 3. The third kappa shape index (κ3) is 2.96. The van der Waals surface area contributed by atoms with Gasteiger partial charge in [-0.2, -0.15) is 0 Å². The summed E-state index contributed by atoms with van der Waals surface area (Å²) in [7, 11) is 1.61. The molecule has 0 saturated heterocycles. The van der Waals surface area contributed by atoms with E-state index in [0.29, 0.717) is 12.4 Å². The fourth-order valence-electron chi connectivity index (χ4n) is 1.75. The predicted octanol–water partition coefficient (Wildman–Crippen LogP) is 3.15. The van der Waals surface area contributed by atoms with Gasteiger partial charge in [-0.1, -0.05) is 15.9 Å². The monoisotopic (exact) mass is 323 g/mol. The molecule has 0 radical (unpaired) electrons. The van der Waals surface area contributed by atoms with E-state index in [1.165, 1.54) is 0 Å². The number of hydrogen-bond donors (Lipinski definition) is 2. The number of ether oxygens (including phenoxy) is 1. The van der Waals surface area contributed by atoms with Crippen LogP contribution in [0.5, 0.6) is 5.75 Å². The Kier molecular flexibility index (Phi) is 4.21. The molecule has 100 valence electrons. The number of carbonyl (C=O) groups is 1. The largest absolute Gasteiger partial charge is 0.496 e. The zero-order valence-corrected chi connectivity index (χ0v) is 12.2. The van der Waals surface area contributed by atoms with Crippen LogP contribution in [0.4, 0.5) is 10.6 Å². The van der Waals surface area contributed by atoms with Gasteiger partial charge >= 0.3 is 6.03 Å². The minimum Gasteiger partial charge on any atom is -0.496 e. The second kappa shape index (κ2) is 5.88. The number of methoxy groups -OCH3 is 1. The number of carbonyl (C=O) groups excluding carboxylic acids is 1. The predicted molar refractivity (Wildman–Crippen MR) is 78.7 cm³/mol. The number of pyridine rings is 1. The Morgan fingerprint density at radius 1 is 1.42 bits per heavy atom. The molecule has 2 amide bonds. The fraction of sp³-hybridized carbons (Fsp3) is 0.231. The maximum atomic E-state index is 11.5. The number of urea groups is 1. The van der Waals surface area contributed by atoms with Gasteiger partial charge in [0.1, 0.15) is 11.6 Å². The maximum absolute atomic E-state index is 11.5. The Balaban J connectivity index is 2.40. The van der Waals surface area contributed by atoms with Crippen LogP contribution in [-0.4, -0.2) is 24.7 Å². The summed E-state index contributed by atoms with van der Waals surface area (Å²) in [6, 6.07) is 5.30. The molecular weight excluding hydrogens is 310 g/mol. The average Bonchev–Trinajstić information content (AvgIpc) is 2.40. The lowest BCUT2D eigenvalue weighted by Gasteiger charge is -2.09. The van der Waals surface area contributed by atoms with Gasteiger partial charge in [-0.15, -0.1) is 0 Å². The number of halogens is 1. The van der Waals surface area contributed by atoms with Crippen molar-refractivity contribution in [2.24, 2.45) is 0 Å². The van der Waals surface area contributed by atoms with Crippen LogP contribution in [0.3, 0.4) is 0 Å². The molecule has 1 aromatic carbocycles. The van der Waals surface area contributed by atoms with E-state index in [4.69, 9.17) is 4.74 Å². The van der Waals surface area contributed by atoms with Gasteiger partial charge < -0.3 is 10.1 Å². The summed E-state index contributed by atoms with van der Waals surface area (Å²) in [4.78, 5) is 15.7. The zero-order valence-electron chi connectivity index (χ0n) is 10.7. The molecule has 1 heterocycles.